The molecule has 0 aliphatic rings. The summed E-state index contributed by atoms with van der Waals surface area (Å²) in [5.41, 5.74) is 0.456. The quantitative estimate of drug-likeness (QED) is 0.593. The molecule has 0 aliphatic carbocycles. The van der Waals surface area contributed by atoms with Crippen molar-refractivity contribution in [3.63, 3.8) is 0 Å². The third kappa shape index (κ3) is 5.14. The van der Waals surface area contributed by atoms with Gasteiger partial charge in [0, 0.05) is 13.0 Å². The van der Waals surface area contributed by atoms with Crippen LogP contribution in [0.25, 0.3) is 0 Å². The molecule has 0 unspecified atom stereocenters. The van der Waals surface area contributed by atoms with E-state index in [1.54, 1.807) is 6.92 Å². The van der Waals surface area contributed by atoms with E-state index in [9.17, 15) is 9.59 Å². The Bertz CT molecular complexity index is 186. The highest BCUT2D eigenvalue weighted by atomic mass is 16.4. The highest BCUT2D eigenvalue weighted by molar-refractivity contribution is 5.94. The maximum atomic E-state index is 10.8. The Hall–Kier alpha value is -1.32. The molecule has 0 atom stereocenters. The topological polar surface area (TPSA) is 66.4 Å². The van der Waals surface area contributed by atoms with Gasteiger partial charge >= 0.3 is 6.09 Å². The third-order valence-electron chi connectivity index (χ3n) is 1.10. The van der Waals surface area contributed by atoms with Gasteiger partial charge in [0.15, 0.2) is 5.78 Å². The fraction of sp³-hybridized carbons (Fsp3) is 0.429. The number of hydrogen-bond acceptors (Lipinski definition) is 2. The number of carboxylic acid groups (broad SMARTS) is 1. The van der Waals surface area contributed by atoms with Crippen LogP contribution in [-0.4, -0.2) is 23.5 Å². The second-order valence-electron chi connectivity index (χ2n) is 2.19. The van der Waals surface area contributed by atoms with E-state index in [1.165, 1.54) is 0 Å². The molecule has 0 radical (unpaired) electrons. The van der Waals surface area contributed by atoms with Crippen LogP contribution in [0.4, 0.5) is 4.79 Å². The number of allylic oxidation sites excluding steroid dienone is 1. The van der Waals surface area contributed by atoms with Gasteiger partial charge in [-0.05, 0) is 12.5 Å². The van der Waals surface area contributed by atoms with Crippen molar-refractivity contribution in [2.24, 2.45) is 0 Å². The first-order valence-electron chi connectivity index (χ1n) is 3.19. The highest BCUT2D eigenvalue weighted by Gasteiger charge is 2.02. The van der Waals surface area contributed by atoms with Gasteiger partial charge in [0.1, 0.15) is 0 Å². The highest BCUT2D eigenvalue weighted by Crippen LogP contribution is 1.92. The minimum Gasteiger partial charge on any atom is -0.465 e. The van der Waals surface area contributed by atoms with E-state index in [4.69, 9.17) is 5.11 Å². The van der Waals surface area contributed by atoms with Crippen molar-refractivity contribution < 1.29 is 14.7 Å². The van der Waals surface area contributed by atoms with Gasteiger partial charge in [-0.2, -0.15) is 0 Å². The monoisotopic (exact) mass is 157 g/mol. The fourth-order valence-electron chi connectivity index (χ4n) is 0.496. The molecule has 4 nitrogen and oxygen atoms in total. The number of Topliss-reactive ketones (excluding diaryl/α,β-unsaturated/α-hetero) is 1. The van der Waals surface area contributed by atoms with Crippen molar-refractivity contribution in [1.29, 1.82) is 0 Å². The maximum absolute atomic E-state index is 10.8. The lowest BCUT2D eigenvalue weighted by Crippen LogP contribution is -2.23. The van der Waals surface area contributed by atoms with Crippen molar-refractivity contribution in [2.75, 3.05) is 6.54 Å². The van der Waals surface area contributed by atoms with Crippen LogP contribution < -0.4 is 5.32 Å². The zero-order valence-electron chi connectivity index (χ0n) is 6.39. The Labute approximate surface area is 64.9 Å². The number of hydrogen-bond donors (Lipinski definition) is 2. The molecule has 0 aromatic heterocycles. The van der Waals surface area contributed by atoms with E-state index in [1.807, 2.05) is 0 Å². The summed E-state index contributed by atoms with van der Waals surface area (Å²) in [6, 6.07) is 0. The van der Waals surface area contributed by atoms with Gasteiger partial charge in [0.2, 0.25) is 0 Å². The number of carbonyl (C=O) groups is 2. The fourth-order valence-corrected chi connectivity index (χ4v) is 0.496. The van der Waals surface area contributed by atoms with Gasteiger partial charge in [-0.3, -0.25) is 4.79 Å². The first-order chi connectivity index (χ1) is 5.04. The van der Waals surface area contributed by atoms with E-state index < -0.39 is 6.09 Å². The molecule has 0 saturated heterocycles. The van der Waals surface area contributed by atoms with Crippen molar-refractivity contribution >= 4 is 11.9 Å². The van der Waals surface area contributed by atoms with Crippen molar-refractivity contribution in [1.82, 2.24) is 5.32 Å². The van der Waals surface area contributed by atoms with Gasteiger partial charge in [0.25, 0.3) is 0 Å². The summed E-state index contributed by atoms with van der Waals surface area (Å²) in [6.45, 7) is 5.18. The van der Waals surface area contributed by atoms with E-state index in [2.05, 4.69) is 11.9 Å². The summed E-state index contributed by atoms with van der Waals surface area (Å²) >= 11 is 0. The molecule has 0 spiro atoms. The summed E-state index contributed by atoms with van der Waals surface area (Å²) < 4.78 is 0. The van der Waals surface area contributed by atoms with E-state index in [0.29, 0.717) is 5.57 Å². The lowest BCUT2D eigenvalue weighted by atomic mass is 10.2. The lowest BCUT2D eigenvalue weighted by Gasteiger charge is -1.98. The van der Waals surface area contributed by atoms with E-state index >= 15 is 0 Å². The number of carbonyl (C=O) groups excluding carboxylic acids is 1. The van der Waals surface area contributed by atoms with Crippen LogP contribution in [0.3, 0.4) is 0 Å². The Kier molecular flexibility index (Phi) is 3.95. The molecule has 0 heterocycles. The minimum atomic E-state index is -1.11. The summed E-state index contributed by atoms with van der Waals surface area (Å²) in [5, 5.41) is 10.2. The summed E-state index contributed by atoms with van der Waals surface area (Å²) in [4.78, 5) is 20.7. The van der Waals surface area contributed by atoms with Crippen LogP contribution in [0.2, 0.25) is 0 Å². The van der Waals surface area contributed by atoms with Crippen molar-refractivity contribution in [3.8, 4) is 0 Å². The van der Waals surface area contributed by atoms with Crippen molar-refractivity contribution in [3.05, 3.63) is 12.2 Å². The SMILES string of the molecule is C=C(C)C(=O)CCNC(=O)O. The van der Waals surface area contributed by atoms with Crippen LogP contribution in [0.15, 0.2) is 12.2 Å². The molecule has 62 valence electrons. The zero-order chi connectivity index (χ0) is 8.85. The largest absolute Gasteiger partial charge is 0.465 e. The number of nitrogens with one attached hydrogen (secondary N) is 1. The normalized spacial score (nSPS) is 8.82. The van der Waals surface area contributed by atoms with Crippen LogP contribution in [-0.2, 0) is 4.79 Å². The molecule has 0 aromatic rings. The Balaban J connectivity index is 3.47. The second-order valence-corrected chi connectivity index (χ2v) is 2.19. The van der Waals surface area contributed by atoms with E-state index in [-0.39, 0.29) is 18.7 Å². The van der Waals surface area contributed by atoms with Crippen molar-refractivity contribution in [2.45, 2.75) is 13.3 Å². The van der Waals surface area contributed by atoms with Gasteiger partial charge in [-0.1, -0.05) is 6.58 Å². The number of rotatable bonds is 4. The first kappa shape index (κ1) is 9.68. The standard InChI is InChI=1S/C7H11NO3/c1-5(2)6(9)3-4-8-7(10)11/h8H,1,3-4H2,2H3,(H,10,11). The molecular weight excluding hydrogens is 146 g/mol. The smallest absolute Gasteiger partial charge is 0.404 e. The third-order valence-corrected chi connectivity index (χ3v) is 1.10. The van der Waals surface area contributed by atoms with Crippen LogP contribution in [0.1, 0.15) is 13.3 Å². The molecular formula is C7H11NO3. The Morgan fingerprint density at radius 1 is 1.55 bits per heavy atom. The van der Waals surface area contributed by atoms with Gasteiger partial charge in [-0.25, -0.2) is 4.79 Å². The lowest BCUT2D eigenvalue weighted by molar-refractivity contribution is -0.115. The van der Waals surface area contributed by atoms with Gasteiger partial charge in [0.05, 0.1) is 0 Å². The Morgan fingerprint density at radius 3 is 2.45 bits per heavy atom. The molecule has 0 aliphatic heterocycles. The Morgan fingerprint density at radius 2 is 2.09 bits per heavy atom. The molecule has 0 rings (SSSR count). The molecule has 0 aromatic carbocycles. The summed E-state index contributed by atoms with van der Waals surface area (Å²) in [6.07, 6.45) is -0.929. The van der Waals surface area contributed by atoms with Crippen LogP contribution >= 0.6 is 0 Å². The number of ketones is 1. The summed E-state index contributed by atoms with van der Waals surface area (Å²) in [7, 11) is 0. The van der Waals surface area contributed by atoms with Gasteiger partial charge < -0.3 is 10.4 Å². The molecule has 2 N–H and O–H groups in total. The van der Waals surface area contributed by atoms with Crippen LogP contribution in [0, 0.1) is 0 Å². The predicted molar refractivity (Wildman–Crippen MR) is 40.5 cm³/mol. The zero-order valence-corrected chi connectivity index (χ0v) is 6.39. The first-order valence-corrected chi connectivity index (χ1v) is 3.19. The van der Waals surface area contributed by atoms with Gasteiger partial charge in [-0.15, -0.1) is 0 Å². The minimum absolute atomic E-state index is 0.112. The van der Waals surface area contributed by atoms with Crippen LogP contribution in [0.5, 0.6) is 0 Å². The van der Waals surface area contributed by atoms with E-state index in [0.717, 1.165) is 0 Å². The average molecular weight is 157 g/mol. The second kappa shape index (κ2) is 4.49. The number of amides is 1. The summed E-state index contributed by atoms with van der Waals surface area (Å²) in [5.74, 6) is -0.112. The molecule has 0 bridgehead atoms. The molecule has 1 amide bonds. The molecule has 11 heavy (non-hydrogen) atoms. The molecule has 0 fully saturated rings. The predicted octanol–water partition coefficient (Wildman–Crippen LogP) is 0.789. The molecule has 4 heteroatoms. The average Bonchev–Trinajstić information content (AvgIpc) is 1.86. The maximum Gasteiger partial charge on any atom is 0.404 e. The molecule has 0 saturated carbocycles.